The quantitative estimate of drug-likeness (QED) is 0.510. The molecular formula is C21H24N4O7S. The summed E-state index contributed by atoms with van der Waals surface area (Å²) < 4.78 is 37.3. The van der Waals surface area contributed by atoms with Gasteiger partial charge in [-0.05, 0) is 49.4 Å². The van der Waals surface area contributed by atoms with E-state index < -0.39 is 34.0 Å². The Hall–Kier alpha value is -3.48. The Morgan fingerprint density at radius 3 is 2.33 bits per heavy atom. The van der Waals surface area contributed by atoms with E-state index in [0.717, 1.165) is 0 Å². The first kappa shape index (κ1) is 24.2. The van der Waals surface area contributed by atoms with Crippen molar-refractivity contribution in [1.29, 1.82) is 0 Å². The zero-order valence-corrected chi connectivity index (χ0v) is 18.6. The fourth-order valence-electron chi connectivity index (χ4n) is 3.03. The molecule has 1 atom stereocenters. The number of nitrogens with zero attached hydrogens (tertiary/aromatic N) is 1. The van der Waals surface area contributed by atoms with E-state index in [2.05, 4.69) is 10.6 Å². The third-order valence-corrected chi connectivity index (χ3v) is 6.65. The molecule has 11 nitrogen and oxygen atoms in total. The molecule has 0 spiro atoms. The molecule has 2 aromatic rings. The first-order valence-corrected chi connectivity index (χ1v) is 11.5. The molecule has 2 aromatic carbocycles. The first-order valence-electron chi connectivity index (χ1n) is 10.0. The molecule has 1 saturated heterocycles. The SMILES string of the molecule is CC(OC(=O)c1ccc(NC(N)=O)cc1)C(=O)Nc1cccc(S(=O)(=O)N2CCOCC2)c1. The van der Waals surface area contributed by atoms with Crippen molar-refractivity contribution in [1.82, 2.24) is 4.31 Å². The van der Waals surface area contributed by atoms with Crippen molar-refractivity contribution in [3.8, 4) is 0 Å². The summed E-state index contributed by atoms with van der Waals surface area (Å²) in [5, 5.41) is 4.92. The van der Waals surface area contributed by atoms with Gasteiger partial charge in [0.1, 0.15) is 0 Å². The van der Waals surface area contributed by atoms with Gasteiger partial charge in [-0.3, -0.25) is 4.79 Å². The van der Waals surface area contributed by atoms with Crippen LogP contribution in [0.2, 0.25) is 0 Å². The van der Waals surface area contributed by atoms with Crippen LogP contribution in [0.5, 0.6) is 0 Å². The normalized spacial score (nSPS) is 15.3. The number of hydrogen-bond acceptors (Lipinski definition) is 7. The number of primary amides is 1. The lowest BCUT2D eigenvalue weighted by Gasteiger charge is -2.26. The number of nitrogens with two attached hydrogens (primary N) is 1. The van der Waals surface area contributed by atoms with Gasteiger partial charge in [-0.2, -0.15) is 4.31 Å². The molecule has 1 fully saturated rings. The van der Waals surface area contributed by atoms with Crippen molar-refractivity contribution in [2.75, 3.05) is 36.9 Å². The third kappa shape index (κ3) is 6.28. The van der Waals surface area contributed by atoms with Crippen molar-refractivity contribution >= 4 is 39.3 Å². The van der Waals surface area contributed by atoms with Crippen LogP contribution < -0.4 is 16.4 Å². The maximum Gasteiger partial charge on any atom is 0.338 e. The number of ether oxygens (including phenoxy) is 2. The molecule has 0 radical (unpaired) electrons. The van der Waals surface area contributed by atoms with Crippen LogP contribution in [0, 0.1) is 0 Å². The molecule has 12 heteroatoms. The minimum atomic E-state index is -3.72. The molecule has 3 rings (SSSR count). The summed E-state index contributed by atoms with van der Waals surface area (Å²) >= 11 is 0. The summed E-state index contributed by atoms with van der Waals surface area (Å²) in [6, 6.07) is 10.9. The highest BCUT2D eigenvalue weighted by Crippen LogP contribution is 2.21. The van der Waals surface area contributed by atoms with Gasteiger partial charge in [0.05, 0.1) is 23.7 Å². The molecule has 0 aromatic heterocycles. The first-order chi connectivity index (χ1) is 15.7. The standard InChI is InChI=1S/C21H24N4O7S/c1-14(32-20(27)15-5-7-16(8-6-15)24-21(22)28)19(26)23-17-3-2-4-18(13-17)33(29,30)25-9-11-31-12-10-25/h2-8,13-14H,9-12H2,1H3,(H,23,26)(H3,22,24,28). The Balaban J connectivity index is 1.62. The Kier molecular flexibility index (Phi) is 7.63. The maximum atomic E-state index is 12.8. The lowest BCUT2D eigenvalue weighted by molar-refractivity contribution is -0.123. The molecule has 1 heterocycles. The van der Waals surface area contributed by atoms with Crippen LogP contribution in [-0.4, -0.2) is 63.0 Å². The van der Waals surface area contributed by atoms with E-state index in [1.165, 1.54) is 59.8 Å². The van der Waals surface area contributed by atoms with Crippen LogP contribution in [0.4, 0.5) is 16.2 Å². The zero-order valence-electron chi connectivity index (χ0n) is 17.8. The molecule has 1 aliphatic heterocycles. The van der Waals surface area contributed by atoms with Crippen LogP contribution in [0.1, 0.15) is 17.3 Å². The van der Waals surface area contributed by atoms with E-state index in [4.69, 9.17) is 15.2 Å². The van der Waals surface area contributed by atoms with Crippen LogP contribution in [-0.2, 0) is 24.3 Å². The Labute approximate surface area is 190 Å². The van der Waals surface area contributed by atoms with Gasteiger partial charge in [-0.25, -0.2) is 18.0 Å². The number of morpholine rings is 1. The molecule has 3 amide bonds. The van der Waals surface area contributed by atoms with Crippen LogP contribution >= 0.6 is 0 Å². The summed E-state index contributed by atoms with van der Waals surface area (Å²) in [5.74, 6) is -1.37. The van der Waals surface area contributed by atoms with E-state index in [-0.39, 0.29) is 29.2 Å². The number of benzene rings is 2. The largest absolute Gasteiger partial charge is 0.449 e. The van der Waals surface area contributed by atoms with Gasteiger partial charge < -0.3 is 25.8 Å². The maximum absolute atomic E-state index is 12.8. The van der Waals surface area contributed by atoms with Crippen molar-refractivity contribution in [2.45, 2.75) is 17.9 Å². The van der Waals surface area contributed by atoms with Gasteiger partial charge in [0, 0.05) is 24.5 Å². The van der Waals surface area contributed by atoms with Gasteiger partial charge in [-0.1, -0.05) is 6.07 Å². The molecule has 1 aliphatic rings. The molecule has 176 valence electrons. The average molecular weight is 477 g/mol. The Bertz CT molecular complexity index is 1130. The minimum absolute atomic E-state index is 0.0384. The van der Waals surface area contributed by atoms with Crippen molar-refractivity contribution in [2.24, 2.45) is 5.73 Å². The Morgan fingerprint density at radius 2 is 1.70 bits per heavy atom. The highest BCUT2D eigenvalue weighted by atomic mass is 32.2. The second-order valence-electron chi connectivity index (χ2n) is 7.15. The number of amides is 3. The van der Waals surface area contributed by atoms with E-state index in [1.54, 1.807) is 0 Å². The molecule has 0 bridgehead atoms. The minimum Gasteiger partial charge on any atom is -0.449 e. The number of carbonyl (C=O) groups excluding carboxylic acids is 3. The lowest BCUT2D eigenvalue weighted by atomic mass is 10.2. The second kappa shape index (κ2) is 10.4. The number of carbonyl (C=O) groups is 3. The van der Waals surface area contributed by atoms with Crippen molar-refractivity contribution < 1.29 is 32.3 Å². The fraction of sp³-hybridized carbons (Fsp3) is 0.286. The highest BCUT2D eigenvalue weighted by Gasteiger charge is 2.27. The number of sulfonamides is 1. The van der Waals surface area contributed by atoms with Gasteiger partial charge in [0.15, 0.2) is 6.10 Å². The molecule has 33 heavy (non-hydrogen) atoms. The third-order valence-electron chi connectivity index (χ3n) is 4.75. The monoisotopic (exact) mass is 476 g/mol. The predicted octanol–water partition coefficient (Wildman–Crippen LogP) is 1.38. The number of esters is 1. The number of rotatable bonds is 7. The summed E-state index contributed by atoms with van der Waals surface area (Å²) in [6.45, 7) is 2.55. The van der Waals surface area contributed by atoms with Gasteiger partial charge in [0.2, 0.25) is 10.0 Å². The lowest BCUT2D eigenvalue weighted by Crippen LogP contribution is -2.40. The molecule has 0 aliphatic carbocycles. The van der Waals surface area contributed by atoms with E-state index >= 15 is 0 Å². The number of hydrogen-bond donors (Lipinski definition) is 3. The summed E-state index contributed by atoms with van der Waals surface area (Å²) in [5.41, 5.74) is 5.85. The second-order valence-corrected chi connectivity index (χ2v) is 9.09. The van der Waals surface area contributed by atoms with Crippen LogP contribution in [0.15, 0.2) is 53.4 Å². The summed E-state index contributed by atoms with van der Waals surface area (Å²) in [6.07, 6.45) is -1.15. The smallest absolute Gasteiger partial charge is 0.338 e. The molecule has 1 unspecified atom stereocenters. The van der Waals surface area contributed by atoms with Crippen LogP contribution in [0.3, 0.4) is 0 Å². The highest BCUT2D eigenvalue weighted by molar-refractivity contribution is 7.89. The van der Waals surface area contributed by atoms with Crippen molar-refractivity contribution in [3.05, 3.63) is 54.1 Å². The van der Waals surface area contributed by atoms with Crippen LogP contribution in [0.25, 0.3) is 0 Å². The molecular weight excluding hydrogens is 452 g/mol. The topological polar surface area (TPSA) is 157 Å². The van der Waals surface area contributed by atoms with Crippen molar-refractivity contribution in [3.63, 3.8) is 0 Å². The Morgan fingerprint density at radius 1 is 1.03 bits per heavy atom. The van der Waals surface area contributed by atoms with Gasteiger partial charge >= 0.3 is 12.0 Å². The average Bonchev–Trinajstić information content (AvgIpc) is 2.79. The van der Waals surface area contributed by atoms with E-state index in [9.17, 15) is 22.8 Å². The number of urea groups is 1. The summed E-state index contributed by atoms with van der Waals surface area (Å²) in [4.78, 5) is 35.7. The number of nitrogens with one attached hydrogen (secondary N) is 2. The van der Waals surface area contributed by atoms with Gasteiger partial charge in [0.25, 0.3) is 5.91 Å². The van der Waals surface area contributed by atoms with E-state index in [1.807, 2.05) is 0 Å². The molecule has 4 N–H and O–H groups in total. The summed E-state index contributed by atoms with van der Waals surface area (Å²) in [7, 11) is -3.72. The predicted molar refractivity (Wildman–Crippen MR) is 119 cm³/mol. The zero-order chi connectivity index (χ0) is 24.0. The fourth-order valence-corrected chi connectivity index (χ4v) is 4.48. The molecule has 0 saturated carbocycles. The number of anilines is 2. The van der Waals surface area contributed by atoms with Gasteiger partial charge in [-0.15, -0.1) is 0 Å². The van der Waals surface area contributed by atoms with E-state index in [0.29, 0.717) is 18.9 Å².